The average molecular weight is 721 g/mol. The van der Waals surface area contributed by atoms with Crippen LogP contribution in [0.5, 0.6) is 11.5 Å². The van der Waals surface area contributed by atoms with E-state index in [1.165, 1.54) is 0 Å². The number of benzene rings is 6. The highest BCUT2D eigenvalue weighted by molar-refractivity contribution is 6.09. The van der Waals surface area contributed by atoms with Crippen LogP contribution in [0.15, 0.2) is 140 Å². The van der Waals surface area contributed by atoms with Crippen molar-refractivity contribution in [3.05, 3.63) is 190 Å². The van der Waals surface area contributed by atoms with Gasteiger partial charge in [0.2, 0.25) is 6.33 Å². The van der Waals surface area contributed by atoms with Crippen molar-refractivity contribution in [1.82, 2.24) is 14.1 Å². The summed E-state index contributed by atoms with van der Waals surface area (Å²) in [4.78, 5) is 4.70. The van der Waals surface area contributed by atoms with Gasteiger partial charge in [0.05, 0.1) is 63.5 Å². The maximum atomic E-state index is 10.9. The third-order valence-electron chi connectivity index (χ3n) is 12.1. The van der Waals surface area contributed by atoms with Gasteiger partial charge in [-0.3, -0.25) is 4.57 Å². The molecular formula is C49H32N6O. The number of rotatable bonds is 3. The molecule has 1 spiro atoms. The number of imidazole rings is 1. The molecule has 7 nitrogen and oxygen atoms in total. The molecule has 9 aromatic rings. The molecule has 0 fully saturated rings. The van der Waals surface area contributed by atoms with Gasteiger partial charge in [0, 0.05) is 28.5 Å². The van der Waals surface area contributed by atoms with Crippen molar-refractivity contribution in [2.45, 2.75) is 24.7 Å². The number of pyridine rings is 1. The third-order valence-corrected chi connectivity index (χ3v) is 12.1. The van der Waals surface area contributed by atoms with Crippen molar-refractivity contribution in [2.75, 3.05) is 0 Å². The number of ether oxygens (including phenoxy) is 1. The molecule has 0 radical (unpaired) electrons. The first-order valence-corrected chi connectivity index (χ1v) is 18.6. The predicted octanol–water partition coefficient (Wildman–Crippen LogP) is 9.62. The van der Waals surface area contributed by atoms with E-state index in [4.69, 9.17) is 9.72 Å². The molecule has 264 valence electrons. The molecular weight excluding hydrogens is 689 g/mol. The molecule has 56 heavy (non-hydrogen) atoms. The molecule has 0 N–H and O–H groups in total. The van der Waals surface area contributed by atoms with Crippen molar-refractivity contribution in [2.24, 2.45) is 7.05 Å². The molecule has 4 heterocycles. The van der Waals surface area contributed by atoms with Gasteiger partial charge in [-0.05, 0) is 88.0 Å². The number of nitriles is 2. The Bertz CT molecular complexity index is 3180. The Morgan fingerprint density at radius 1 is 0.661 bits per heavy atom. The summed E-state index contributed by atoms with van der Waals surface area (Å²) in [5.74, 6) is 2.16. The summed E-state index contributed by atoms with van der Waals surface area (Å²) in [5, 5.41) is 24.0. The first-order chi connectivity index (χ1) is 27.4. The summed E-state index contributed by atoms with van der Waals surface area (Å²) in [6.45, 7) is 4.39. The molecule has 0 saturated heterocycles. The van der Waals surface area contributed by atoms with Crippen LogP contribution in [-0.4, -0.2) is 14.1 Å². The Hall–Kier alpha value is -7.48. The highest BCUT2D eigenvalue weighted by atomic mass is 16.5. The van der Waals surface area contributed by atoms with E-state index in [1.807, 2.05) is 72.4 Å². The van der Waals surface area contributed by atoms with Crippen LogP contribution in [0.2, 0.25) is 0 Å². The third kappa shape index (κ3) is 3.99. The molecule has 7 heteroatoms. The van der Waals surface area contributed by atoms with Gasteiger partial charge in [-0.2, -0.15) is 10.5 Å². The lowest BCUT2D eigenvalue weighted by Crippen LogP contribution is -2.45. The van der Waals surface area contributed by atoms with Crippen LogP contribution in [0.1, 0.15) is 58.4 Å². The van der Waals surface area contributed by atoms with Gasteiger partial charge in [-0.1, -0.05) is 86.6 Å². The summed E-state index contributed by atoms with van der Waals surface area (Å²) < 4.78 is 13.1. The number of para-hydroxylation sites is 2. The van der Waals surface area contributed by atoms with E-state index >= 15 is 0 Å². The lowest BCUT2D eigenvalue weighted by molar-refractivity contribution is -0.649. The van der Waals surface area contributed by atoms with E-state index < -0.39 is 10.8 Å². The summed E-state index contributed by atoms with van der Waals surface area (Å²) in [6, 6.07) is 50.3. The van der Waals surface area contributed by atoms with Crippen LogP contribution in [-0.2, 0) is 17.9 Å². The van der Waals surface area contributed by atoms with Gasteiger partial charge in [0.15, 0.2) is 0 Å². The van der Waals surface area contributed by atoms with Crippen LogP contribution in [0.25, 0.3) is 44.3 Å². The summed E-state index contributed by atoms with van der Waals surface area (Å²) in [6.07, 6.45) is 5.40. The topological polar surface area (TPSA) is 83.4 Å². The van der Waals surface area contributed by atoms with Crippen LogP contribution < -0.4 is 9.30 Å². The Morgan fingerprint density at radius 2 is 1.32 bits per heavy atom. The molecule has 1 aliphatic carbocycles. The largest absolute Gasteiger partial charge is 0.458 e. The molecule has 0 bridgehead atoms. The Morgan fingerprint density at radius 3 is 2.05 bits per heavy atom. The number of hydrogen-bond donors (Lipinski definition) is 0. The molecule has 0 amide bonds. The zero-order chi connectivity index (χ0) is 37.9. The summed E-state index contributed by atoms with van der Waals surface area (Å²) in [7, 11) is 2.00. The Kier molecular flexibility index (Phi) is 6.44. The van der Waals surface area contributed by atoms with Gasteiger partial charge < -0.3 is 13.9 Å². The number of hydrogen-bond acceptors (Lipinski definition) is 4. The Labute approximate surface area is 323 Å². The van der Waals surface area contributed by atoms with Crippen LogP contribution >= 0.6 is 0 Å². The average Bonchev–Trinajstić information content (AvgIpc) is 3.75. The van der Waals surface area contributed by atoms with Crippen molar-refractivity contribution in [3.63, 3.8) is 0 Å². The number of fused-ring (bicyclic) bond motifs is 11. The standard InChI is InChI=1S/C49H32N6O/c1-48(2)37-14-8-11-30(27-50)45(37)49(46-31(28-51)12-9-15-38(46)48)36-23-21-33(26-43(36)54-29-53(3)41-18-10-16-39(49)47(41)54)56-32-20-22-35-34-13-4-5-17-40(34)55(42(35)25-32)44-19-6-7-24-52-44/h4-26H,1-3H3. The smallest absolute Gasteiger partial charge is 0.244 e. The quantitative estimate of drug-likeness (QED) is 0.134. The van der Waals surface area contributed by atoms with E-state index in [-0.39, 0.29) is 0 Å². The molecule has 3 aromatic heterocycles. The van der Waals surface area contributed by atoms with Gasteiger partial charge in [-0.25, -0.2) is 4.98 Å². The molecule has 2 aliphatic rings. The minimum absolute atomic E-state index is 0.487. The second-order valence-electron chi connectivity index (χ2n) is 15.2. The highest BCUT2D eigenvalue weighted by Gasteiger charge is 2.54. The van der Waals surface area contributed by atoms with E-state index in [1.54, 1.807) is 0 Å². The van der Waals surface area contributed by atoms with E-state index in [0.717, 1.165) is 77.7 Å². The van der Waals surface area contributed by atoms with Crippen molar-refractivity contribution in [1.29, 1.82) is 10.5 Å². The second kappa shape index (κ2) is 11.3. The molecule has 0 saturated carbocycles. The monoisotopic (exact) mass is 720 g/mol. The molecule has 0 atom stereocenters. The minimum atomic E-state index is -0.996. The van der Waals surface area contributed by atoms with E-state index in [2.05, 4.69) is 120 Å². The van der Waals surface area contributed by atoms with Crippen LogP contribution in [0, 0.1) is 29.0 Å². The lowest BCUT2D eigenvalue weighted by Gasteiger charge is -2.51. The second-order valence-corrected chi connectivity index (χ2v) is 15.2. The first kappa shape index (κ1) is 32.0. The maximum absolute atomic E-state index is 10.9. The fourth-order valence-electron chi connectivity index (χ4n) is 9.82. The lowest BCUT2D eigenvalue weighted by atomic mass is 9.52. The minimum Gasteiger partial charge on any atom is -0.458 e. The maximum Gasteiger partial charge on any atom is 0.244 e. The molecule has 0 unspecified atom stereocenters. The van der Waals surface area contributed by atoms with Crippen LogP contribution in [0.4, 0.5) is 0 Å². The normalized spacial score (nSPS) is 14.2. The molecule has 1 aliphatic heterocycles. The SMILES string of the molecule is C[n+]1[c-]n2c3c(cccc31)C1(c3ccc(Oc4ccc5c6ccccc6n(-c6ccccn6)c5c4)cc3-2)c2c(C#N)cccc2C(C)(C)c2cccc(C#N)c21. The van der Waals surface area contributed by atoms with Crippen molar-refractivity contribution < 1.29 is 9.30 Å². The van der Waals surface area contributed by atoms with Gasteiger partial charge in [0.25, 0.3) is 0 Å². The zero-order valence-electron chi connectivity index (χ0n) is 30.9. The van der Waals surface area contributed by atoms with E-state index in [9.17, 15) is 10.5 Å². The predicted molar refractivity (Wildman–Crippen MR) is 215 cm³/mol. The first-order valence-electron chi connectivity index (χ1n) is 18.6. The zero-order valence-corrected chi connectivity index (χ0v) is 30.9. The fraction of sp³-hybridized carbons (Fsp3) is 0.102. The fourth-order valence-corrected chi connectivity index (χ4v) is 9.82. The van der Waals surface area contributed by atoms with Gasteiger partial charge in [0.1, 0.15) is 17.3 Å². The number of nitrogens with zero attached hydrogens (tertiary/aromatic N) is 6. The number of aryl methyl sites for hydroxylation is 1. The Balaban J connectivity index is 1.19. The van der Waals surface area contributed by atoms with Crippen molar-refractivity contribution >= 4 is 32.8 Å². The van der Waals surface area contributed by atoms with Crippen molar-refractivity contribution in [3.8, 4) is 35.1 Å². The van der Waals surface area contributed by atoms with E-state index in [0.29, 0.717) is 22.6 Å². The highest BCUT2D eigenvalue weighted by Crippen LogP contribution is 2.61. The van der Waals surface area contributed by atoms with Crippen LogP contribution in [0.3, 0.4) is 0 Å². The number of aromatic nitrogens is 4. The molecule has 6 aromatic carbocycles. The summed E-state index contributed by atoms with van der Waals surface area (Å²) >= 11 is 0. The van der Waals surface area contributed by atoms with Gasteiger partial charge >= 0.3 is 0 Å². The molecule has 11 rings (SSSR count). The van der Waals surface area contributed by atoms with Gasteiger partial charge in [-0.15, -0.1) is 0 Å². The summed E-state index contributed by atoms with van der Waals surface area (Å²) in [5.41, 5.74) is 10.5.